The Balaban J connectivity index is 2.47. The zero-order chi connectivity index (χ0) is 14.0. The van der Waals surface area contributed by atoms with E-state index in [4.69, 9.17) is 5.84 Å². The number of hydrazine groups is 1. The quantitative estimate of drug-likeness (QED) is 0.624. The fourth-order valence-corrected chi connectivity index (χ4v) is 2.63. The van der Waals surface area contributed by atoms with Crippen LogP contribution in [0.5, 0.6) is 0 Å². The molecule has 0 saturated heterocycles. The fourth-order valence-electron chi connectivity index (χ4n) is 1.89. The Morgan fingerprint density at radius 3 is 2.53 bits per heavy atom. The maximum atomic E-state index is 5.71. The molecule has 0 fully saturated rings. The number of halogens is 2. The Hall–Kier alpha value is -0.760. The summed E-state index contributed by atoms with van der Waals surface area (Å²) >= 11 is 6.90. The van der Waals surface area contributed by atoms with Crippen LogP contribution in [0.1, 0.15) is 37.3 Å². The van der Waals surface area contributed by atoms with Crippen LogP contribution in [-0.4, -0.2) is 14.8 Å². The fraction of sp³-hybridized carbons (Fsp3) is 0.333. The molecule has 0 spiro atoms. The Bertz CT molecular complexity index is 550. The van der Waals surface area contributed by atoms with E-state index >= 15 is 0 Å². The molecule has 0 aliphatic rings. The van der Waals surface area contributed by atoms with Crippen molar-refractivity contribution in [3.63, 3.8) is 0 Å². The summed E-state index contributed by atoms with van der Waals surface area (Å²) in [6, 6.07) is 3.90. The topological polar surface area (TPSA) is 68.8 Å². The number of nitrogens with zero attached hydrogens (tertiary/aromatic N) is 3. The zero-order valence-electron chi connectivity index (χ0n) is 10.6. The first-order valence-corrected chi connectivity index (χ1v) is 7.43. The summed E-state index contributed by atoms with van der Waals surface area (Å²) in [5, 5.41) is 4.36. The lowest BCUT2D eigenvalue weighted by Gasteiger charge is -2.20. The summed E-state index contributed by atoms with van der Waals surface area (Å²) in [6.45, 7) is 4.15. The maximum Gasteiger partial charge on any atom is 0.106 e. The van der Waals surface area contributed by atoms with Gasteiger partial charge in [0.25, 0.3) is 0 Å². The average molecular weight is 389 g/mol. The van der Waals surface area contributed by atoms with E-state index in [-0.39, 0.29) is 12.1 Å². The van der Waals surface area contributed by atoms with Gasteiger partial charge in [0, 0.05) is 16.7 Å². The van der Waals surface area contributed by atoms with Gasteiger partial charge in [-0.3, -0.25) is 15.5 Å². The molecule has 3 N–H and O–H groups in total. The van der Waals surface area contributed by atoms with Crippen LogP contribution in [0.4, 0.5) is 0 Å². The highest BCUT2D eigenvalue weighted by Gasteiger charge is 2.23. The lowest BCUT2D eigenvalue weighted by Crippen LogP contribution is -2.32. The molecule has 0 radical (unpaired) electrons. The molecule has 2 rings (SSSR count). The Morgan fingerprint density at radius 1 is 1.26 bits per heavy atom. The number of hydrogen-bond acceptors (Lipinski definition) is 4. The van der Waals surface area contributed by atoms with Gasteiger partial charge in [-0.15, -0.1) is 0 Å². The number of rotatable bonds is 4. The molecular formula is C12H15Br2N5. The van der Waals surface area contributed by atoms with E-state index < -0.39 is 0 Å². The van der Waals surface area contributed by atoms with Crippen LogP contribution in [-0.2, 0) is 0 Å². The molecule has 5 nitrogen and oxygen atoms in total. The van der Waals surface area contributed by atoms with Crippen molar-refractivity contribution in [2.45, 2.75) is 25.9 Å². The monoisotopic (exact) mass is 387 g/mol. The minimum Gasteiger partial charge on any atom is -0.270 e. The summed E-state index contributed by atoms with van der Waals surface area (Å²) < 4.78 is 3.77. The second kappa shape index (κ2) is 6.13. The molecule has 102 valence electrons. The Labute approximate surface area is 128 Å². The van der Waals surface area contributed by atoms with Crippen molar-refractivity contribution in [1.29, 1.82) is 0 Å². The summed E-state index contributed by atoms with van der Waals surface area (Å²) in [4.78, 5) is 4.40. The molecule has 2 heterocycles. The van der Waals surface area contributed by atoms with Gasteiger partial charge < -0.3 is 0 Å². The third-order valence-corrected chi connectivity index (χ3v) is 3.84. The molecule has 0 bridgehead atoms. The lowest BCUT2D eigenvalue weighted by atomic mass is 10.1. The van der Waals surface area contributed by atoms with E-state index in [9.17, 15) is 0 Å². The zero-order valence-corrected chi connectivity index (χ0v) is 13.8. The Morgan fingerprint density at radius 2 is 2.00 bits per heavy atom. The molecule has 1 unspecified atom stereocenters. The first-order chi connectivity index (χ1) is 9.04. The number of hydrogen-bond donors (Lipinski definition) is 2. The van der Waals surface area contributed by atoms with Gasteiger partial charge in [0.2, 0.25) is 0 Å². The average Bonchev–Trinajstić information content (AvgIpc) is 2.75. The summed E-state index contributed by atoms with van der Waals surface area (Å²) in [6.07, 6.45) is 3.53. The molecule has 0 saturated carbocycles. The molecule has 19 heavy (non-hydrogen) atoms. The third kappa shape index (κ3) is 3.05. The van der Waals surface area contributed by atoms with Crippen LogP contribution < -0.4 is 11.3 Å². The van der Waals surface area contributed by atoms with Crippen molar-refractivity contribution >= 4 is 31.9 Å². The first kappa shape index (κ1) is 14.6. The van der Waals surface area contributed by atoms with Crippen LogP contribution in [0, 0.1) is 0 Å². The number of pyridine rings is 1. The summed E-state index contributed by atoms with van der Waals surface area (Å²) in [5.74, 6) is 5.71. The predicted octanol–water partition coefficient (Wildman–Crippen LogP) is 2.94. The van der Waals surface area contributed by atoms with Crippen LogP contribution in [0.2, 0.25) is 0 Å². The summed E-state index contributed by atoms with van der Waals surface area (Å²) in [5.41, 5.74) is 4.61. The van der Waals surface area contributed by atoms with Gasteiger partial charge in [-0.25, -0.2) is 5.43 Å². The van der Waals surface area contributed by atoms with Crippen molar-refractivity contribution in [3.05, 3.63) is 44.9 Å². The predicted molar refractivity (Wildman–Crippen MR) is 81.4 cm³/mol. The highest BCUT2D eigenvalue weighted by molar-refractivity contribution is 9.10. The molecule has 0 amide bonds. The lowest BCUT2D eigenvalue weighted by molar-refractivity contribution is 0.471. The highest BCUT2D eigenvalue weighted by Crippen LogP contribution is 2.29. The van der Waals surface area contributed by atoms with E-state index in [1.165, 1.54) is 0 Å². The second-order valence-electron chi connectivity index (χ2n) is 4.42. The largest absolute Gasteiger partial charge is 0.270 e. The van der Waals surface area contributed by atoms with Crippen molar-refractivity contribution in [2.75, 3.05) is 0 Å². The van der Waals surface area contributed by atoms with Gasteiger partial charge in [-0.1, -0.05) is 0 Å². The van der Waals surface area contributed by atoms with E-state index in [0.29, 0.717) is 0 Å². The molecule has 2 aromatic rings. The van der Waals surface area contributed by atoms with E-state index in [1.807, 2.05) is 16.8 Å². The molecule has 0 aliphatic heterocycles. The van der Waals surface area contributed by atoms with Crippen molar-refractivity contribution in [2.24, 2.45) is 5.84 Å². The Kier molecular flexibility index (Phi) is 4.72. The van der Waals surface area contributed by atoms with E-state index in [1.54, 1.807) is 12.4 Å². The smallest absolute Gasteiger partial charge is 0.106 e. The van der Waals surface area contributed by atoms with Gasteiger partial charge in [0.1, 0.15) is 6.04 Å². The van der Waals surface area contributed by atoms with Crippen LogP contribution >= 0.6 is 31.9 Å². The van der Waals surface area contributed by atoms with Gasteiger partial charge in [-0.05, 0) is 57.8 Å². The highest BCUT2D eigenvalue weighted by atomic mass is 79.9. The molecule has 7 heteroatoms. The first-order valence-electron chi connectivity index (χ1n) is 5.85. The van der Waals surface area contributed by atoms with Gasteiger partial charge in [-0.2, -0.15) is 5.10 Å². The second-order valence-corrected chi connectivity index (χ2v) is 6.19. The molecule has 0 aliphatic carbocycles. The van der Waals surface area contributed by atoms with Gasteiger partial charge in [0.15, 0.2) is 0 Å². The number of aromatic nitrogens is 3. The summed E-state index contributed by atoms with van der Waals surface area (Å²) in [7, 11) is 0. The minimum absolute atomic E-state index is 0.215. The van der Waals surface area contributed by atoms with Gasteiger partial charge in [0.05, 0.1) is 22.1 Å². The van der Waals surface area contributed by atoms with Gasteiger partial charge >= 0.3 is 0 Å². The number of nitrogens with two attached hydrogens (primary N) is 1. The van der Waals surface area contributed by atoms with Crippen LogP contribution in [0.15, 0.2) is 33.5 Å². The SMILES string of the molecule is CC(C)n1ncc(Br)c1C(NN)c1ccc(Br)cn1. The molecule has 0 aromatic carbocycles. The van der Waals surface area contributed by atoms with Crippen LogP contribution in [0.3, 0.4) is 0 Å². The van der Waals surface area contributed by atoms with E-state index in [2.05, 4.69) is 61.2 Å². The van der Waals surface area contributed by atoms with Crippen molar-refractivity contribution in [1.82, 2.24) is 20.2 Å². The third-order valence-electron chi connectivity index (χ3n) is 2.76. The van der Waals surface area contributed by atoms with Crippen LogP contribution in [0.25, 0.3) is 0 Å². The maximum absolute atomic E-state index is 5.71. The van der Waals surface area contributed by atoms with Crippen molar-refractivity contribution in [3.8, 4) is 0 Å². The molecular weight excluding hydrogens is 374 g/mol. The standard InChI is InChI=1S/C12H15Br2N5/c1-7(2)19-12(9(14)6-17-19)11(18-15)10-4-3-8(13)5-16-10/h3-7,11,18H,15H2,1-2H3. The number of nitrogens with one attached hydrogen (secondary N) is 1. The minimum atomic E-state index is -0.215. The molecule has 1 atom stereocenters. The van der Waals surface area contributed by atoms with E-state index in [0.717, 1.165) is 20.3 Å². The molecule has 2 aromatic heterocycles. The normalized spacial score (nSPS) is 12.9. The van der Waals surface area contributed by atoms with Crippen molar-refractivity contribution < 1.29 is 0 Å².